The molecule has 0 saturated carbocycles. The van der Waals surface area contributed by atoms with E-state index in [1.165, 1.54) is 6.07 Å². The molecule has 1 aliphatic heterocycles. The Hall–Kier alpha value is -1.29. The first-order valence-corrected chi connectivity index (χ1v) is 5.99. The zero-order valence-corrected chi connectivity index (χ0v) is 10.4. The molecule has 0 radical (unpaired) electrons. The highest BCUT2D eigenvalue weighted by molar-refractivity contribution is 5.58. The van der Waals surface area contributed by atoms with Gasteiger partial charge in [0.15, 0.2) is 0 Å². The highest BCUT2D eigenvalue weighted by Gasteiger charge is 2.20. The number of anilines is 1. The van der Waals surface area contributed by atoms with Gasteiger partial charge in [-0.3, -0.25) is 0 Å². The van der Waals surface area contributed by atoms with Crippen molar-refractivity contribution in [3.05, 3.63) is 24.0 Å². The lowest BCUT2D eigenvalue weighted by Gasteiger charge is -2.34. The van der Waals surface area contributed by atoms with Crippen LogP contribution in [0.5, 0.6) is 5.75 Å². The molecule has 0 bridgehead atoms. The van der Waals surface area contributed by atoms with Gasteiger partial charge in [-0.25, -0.2) is 4.39 Å². The van der Waals surface area contributed by atoms with Crippen LogP contribution in [0.25, 0.3) is 0 Å². The number of ether oxygens (including phenoxy) is 1. The molecule has 0 aromatic heterocycles. The van der Waals surface area contributed by atoms with Gasteiger partial charge in [-0.05, 0) is 38.1 Å². The molecule has 17 heavy (non-hydrogen) atoms. The standard InChI is InChI=1S/C13H19FN2O/c1-16(11-5-7-15-8-6-11)12-9-10(14)3-4-13(12)17-2/h3-4,9,11,15H,5-8H2,1-2H3. The monoisotopic (exact) mass is 238 g/mol. The Labute approximate surface area is 102 Å². The largest absolute Gasteiger partial charge is 0.495 e. The molecule has 1 N–H and O–H groups in total. The third kappa shape index (κ3) is 2.69. The Bertz CT molecular complexity index is 378. The van der Waals surface area contributed by atoms with Gasteiger partial charge in [-0.1, -0.05) is 0 Å². The number of hydrogen-bond donors (Lipinski definition) is 1. The maximum atomic E-state index is 13.3. The van der Waals surface area contributed by atoms with E-state index in [0.717, 1.165) is 37.4 Å². The molecule has 1 aliphatic rings. The molecule has 2 rings (SSSR count). The molecule has 1 aromatic rings. The summed E-state index contributed by atoms with van der Waals surface area (Å²) < 4.78 is 18.6. The van der Waals surface area contributed by atoms with E-state index in [1.54, 1.807) is 19.2 Å². The van der Waals surface area contributed by atoms with Crippen molar-refractivity contribution in [1.29, 1.82) is 0 Å². The van der Waals surface area contributed by atoms with Crippen LogP contribution in [-0.4, -0.2) is 33.3 Å². The van der Waals surface area contributed by atoms with Crippen molar-refractivity contribution in [3.63, 3.8) is 0 Å². The fraction of sp³-hybridized carbons (Fsp3) is 0.538. The molecule has 1 saturated heterocycles. The number of methoxy groups -OCH3 is 1. The molecule has 0 spiro atoms. The number of nitrogens with one attached hydrogen (secondary N) is 1. The van der Waals surface area contributed by atoms with Gasteiger partial charge in [0.1, 0.15) is 11.6 Å². The molecule has 4 heteroatoms. The molecule has 1 aromatic carbocycles. The summed E-state index contributed by atoms with van der Waals surface area (Å²) in [6, 6.07) is 5.11. The predicted molar refractivity (Wildman–Crippen MR) is 67.2 cm³/mol. The average Bonchev–Trinajstić information content (AvgIpc) is 2.39. The number of piperidine rings is 1. The Kier molecular flexibility index (Phi) is 3.84. The van der Waals surface area contributed by atoms with E-state index in [1.807, 2.05) is 7.05 Å². The van der Waals surface area contributed by atoms with E-state index in [0.29, 0.717) is 6.04 Å². The minimum absolute atomic E-state index is 0.221. The summed E-state index contributed by atoms with van der Waals surface area (Å²) in [5, 5.41) is 3.33. The first-order valence-electron chi connectivity index (χ1n) is 5.99. The summed E-state index contributed by atoms with van der Waals surface area (Å²) in [6.07, 6.45) is 2.16. The summed E-state index contributed by atoms with van der Waals surface area (Å²) >= 11 is 0. The third-order valence-corrected chi connectivity index (χ3v) is 3.38. The zero-order valence-electron chi connectivity index (χ0n) is 10.4. The van der Waals surface area contributed by atoms with E-state index in [9.17, 15) is 4.39 Å². The van der Waals surface area contributed by atoms with Crippen molar-refractivity contribution in [3.8, 4) is 5.75 Å². The Morgan fingerprint density at radius 1 is 1.35 bits per heavy atom. The molecule has 0 atom stereocenters. The van der Waals surface area contributed by atoms with Gasteiger partial charge in [-0.15, -0.1) is 0 Å². The lowest BCUT2D eigenvalue weighted by Crippen LogP contribution is -2.41. The van der Waals surface area contributed by atoms with Crippen LogP contribution in [0.15, 0.2) is 18.2 Å². The van der Waals surface area contributed by atoms with E-state index in [-0.39, 0.29) is 5.82 Å². The van der Waals surface area contributed by atoms with Gasteiger partial charge in [0.05, 0.1) is 12.8 Å². The van der Waals surface area contributed by atoms with Crippen LogP contribution >= 0.6 is 0 Å². The predicted octanol–water partition coefficient (Wildman–Crippen LogP) is 2.02. The van der Waals surface area contributed by atoms with Gasteiger partial charge < -0.3 is 15.0 Å². The van der Waals surface area contributed by atoms with E-state index < -0.39 is 0 Å². The first kappa shape index (κ1) is 12.2. The number of hydrogen-bond acceptors (Lipinski definition) is 3. The van der Waals surface area contributed by atoms with Gasteiger partial charge in [0, 0.05) is 19.2 Å². The molecular weight excluding hydrogens is 219 g/mol. The van der Waals surface area contributed by atoms with Crippen molar-refractivity contribution in [2.45, 2.75) is 18.9 Å². The van der Waals surface area contributed by atoms with Crippen molar-refractivity contribution in [2.75, 3.05) is 32.1 Å². The maximum Gasteiger partial charge on any atom is 0.142 e. The van der Waals surface area contributed by atoms with E-state index >= 15 is 0 Å². The van der Waals surface area contributed by atoms with Crippen molar-refractivity contribution in [1.82, 2.24) is 5.32 Å². The van der Waals surface area contributed by atoms with Crippen LogP contribution in [0.4, 0.5) is 10.1 Å². The highest BCUT2D eigenvalue weighted by atomic mass is 19.1. The number of benzene rings is 1. The fourth-order valence-corrected chi connectivity index (χ4v) is 2.33. The normalized spacial score (nSPS) is 16.9. The zero-order chi connectivity index (χ0) is 12.3. The van der Waals surface area contributed by atoms with Gasteiger partial charge in [0.25, 0.3) is 0 Å². The summed E-state index contributed by atoms with van der Waals surface area (Å²) in [4.78, 5) is 2.13. The van der Waals surface area contributed by atoms with Crippen LogP contribution in [0, 0.1) is 5.82 Å². The summed E-state index contributed by atoms with van der Waals surface area (Å²) in [5.74, 6) is 0.508. The Balaban J connectivity index is 2.21. The maximum absolute atomic E-state index is 13.3. The molecule has 0 amide bonds. The Morgan fingerprint density at radius 3 is 2.71 bits per heavy atom. The number of nitrogens with zero attached hydrogens (tertiary/aromatic N) is 1. The van der Waals surface area contributed by atoms with Crippen LogP contribution in [0.1, 0.15) is 12.8 Å². The smallest absolute Gasteiger partial charge is 0.142 e. The van der Waals surface area contributed by atoms with E-state index in [2.05, 4.69) is 10.2 Å². The summed E-state index contributed by atoms with van der Waals surface area (Å²) in [6.45, 7) is 2.04. The second kappa shape index (κ2) is 5.36. The average molecular weight is 238 g/mol. The van der Waals surface area contributed by atoms with Crippen molar-refractivity contribution < 1.29 is 9.13 Å². The Morgan fingerprint density at radius 2 is 2.06 bits per heavy atom. The topological polar surface area (TPSA) is 24.5 Å². The summed E-state index contributed by atoms with van der Waals surface area (Å²) in [7, 11) is 3.63. The molecule has 1 heterocycles. The van der Waals surface area contributed by atoms with Gasteiger partial charge in [0.2, 0.25) is 0 Å². The lowest BCUT2D eigenvalue weighted by molar-refractivity contribution is 0.404. The lowest BCUT2D eigenvalue weighted by atomic mass is 10.0. The van der Waals surface area contributed by atoms with Gasteiger partial charge >= 0.3 is 0 Å². The van der Waals surface area contributed by atoms with E-state index in [4.69, 9.17) is 4.74 Å². The molecule has 0 aliphatic carbocycles. The molecular formula is C13H19FN2O. The van der Waals surface area contributed by atoms with Crippen LogP contribution < -0.4 is 15.0 Å². The second-order valence-corrected chi connectivity index (χ2v) is 4.41. The third-order valence-electron chi connectivity index (χ3n) is 3.38. The number of rotatable bonds is 3. The molecule has 94 valence electrons. The molecule has 0 unspecified atom stereocenters. The number of halogens is 1. The van der Waals surface area contributed by atoms with Gasteiger partial charge in [-0.2, -0.15) is 0 Å². The first-order chi connectivity index (χ1) is 8.22. The SMILES string of the molecule is COc1ccc(F)cc1N(C)C1CCNCC1. The fourth-order valence-electron chi connectivity index (χ4n) is 2.33. The van der Waals surface area contributed by atoms with Crippen molar-refractivity contribution >= 4 is 5.69 Å². The second-order valence-electron chi connectivity index (χ2n) is 4.41. The molecule has 3 nitrogen and oxygen atoms in total. The summed E-state index contributed by atoms with van der Waals surface area (Å²) in [5.41, 5.74) is 0.833. The van der Waals surface area contributed by atoms with Crippen LogP contribution in [-0.2, 0) is 0 Å². The molecule has 1 fully saturated rings. The minimum atomic E-state index is -0.221. The van der Waals surface area contributed by atoms with Crippen LogP contribution in [0.2, 0.25) is 0 Å². The minimum Gasteiger partial charge on any atom is -0.495 e. The van der Waals surface area contributed by atoms with Crippen molar-refractivity contribution in [2.24, 2.45) is 0 Å². The van der Waals surface area contributed by atoms with Crippen LogP contribution in [0.3, 0.4) is 0 Å². The highest BCUT2D eigenvalue weighted by Crippen LogP contribution is 2.30. The quantitative estimate of drug-likeness (QED) is 0.872.